The molecule has 0 amide bonds. The monoisotopic (exact) mass is 316 g/mol. The molecule has 2 aromatic carbocycles. The Bertz CT molecular complexity index is 573. The van der Waals surface area contributed by atoms with E-state index >= 15 is 0 Å². The summed E-state index contributed by atoms with van der Waals surface area (Å²) in [6, 6.07) is 16.1. The van der Waals surface area contributed by atoms with E-state index in [9.17, 15) is 9.59 Å². The van der Waals surface area contributed by atoms with E-state index in [0.29, 0.717) is 0 Å². The second-order valence-electron chi connectivity index (χ2n) is 4.65. The lowest BCUT2D eigenvalue weighted by molar-refractivity contribution is -0.109. The van der Waals surface area contributed by atoms with Gasteiger partial charge in [-0.05, 0) is 41.8 Å². The van der Waals surface area contributed by atoms with Crippen LogP contribution < -0.4 is 0 Å². The Kier molecular flexibility index (Phi) is 5.65. The molecule has 108 valence electrons. The third kappa shape index (κ3) is 5.40. The van der Waals surface area contributed by atoms with Gasteiger partial charge in [-0.2, -0.15) is 0 Å². The van der Waals surface area contributed by atoms with Gasteiger partial charge in [-0.25, -0.2) is 0 Å². The zero-order valence-corrected chi connectivity index (χ0v) is 13.6. The Morgan fingerprint density at radius 1 is 0.714 bits per heavy atom. The van der Waals surface area contributed by atoms with Gasteiger partial charge in [0.05, 0.1) is 0 Å². The first-order valence-electron chi connectivity index (χ1n) is 6.57. The molecular weight excluding hydrogens is 300 g/mol. The van der Waals surface area contributed by atoms with Crippen LogP contribution in [-0.4, -0.2) is 10.2 Å². The number of benzene rings is 2. The van der Waals surface area contributed by atoms with Crippen LogP contribution in [0.15, 0.2) is 58.3 Å². The van der Waals surface area contributed by atoms with Crippen molar-refractivity contribution >= 4 is 33.8 Å². The van der Waals surface area contributed by atoms with E-state index < -0.39 is 0 Å². The number of rotatable bonds is 4. The summed E-state index contributed by atoms with van der Waals surface area (Å²) in [4.78, 5) is 24.0. The molecule has 21 heavy (non-hydrogen) atoms. The van der Waals surface area contributed by atoms with Gasteiger partial charge in [0.15, 0.2) is 10.2 Å². The van der Waals surface area contributed by atoms with Crippen LogP contribution in [0.2, 0.25) is 0 Å². The van der Waals surface area contributed by atoms with Crippen molar-refractivity contribution in [1.82, 2.24) is 0 Å². The highest BCUT2D eigenvalue weighted by atomic mass is 32.2. The van der Waals surface area contributed by atoms with Crippen LogP contribution in [0, 0.1) is 0 Å². The van der Waals surface area contributed by atoms with Crippen LogP contribution in [0.3, 0.4) is 0 Å². The van der Waals surface area contributed by atoms with Crippen molar-refractivity contribution in [3.8, 4) is 0 Å². The van der Waals surface area contributed by atoms with Crippen molar-refractivity contribution in [1.29, 1.82) is 0 Å². The molecular formula is C17H16O2S2. The standard InChI is InChI=1S/C17H16O2S2/c1-12(18)20-16-7-3-14(4-8-16)11-15-5-9-17(10-6-15)21-13(2)19/h3-10H,11H2,1-2H3. The summed E-state index contributed by atoms with van der Waals surface area (Å²) in [5, 5.41) is 0.197. The van der Waals surface area contributed by atoms with Gasteiger partial charge in [0.1, 0.15) is 0 Å². The molecule has 0 aliphatic rings. The number of carbonyl (C=O) groups excluding carboxylic acids is 2. The second-order valence-corrected chi connectivity index (χ2v) is 7.15. The molecule has 0 N–H and O–H groups in total. The summed E-state index contributed by atoms with van der Waals surface area (Å²) in [6.07, 6.45) is 0.843. The van der Waals surface area contributed by atoms with Gasteiger partial charge >= 0.3 is 0 Å². The van der Waals surface area contributed by atoms with E-state index in [0.717, 1.165) is 16.2 Å². The maximum absolute atomic E-state index is 11.0. The fourth-order valence-corrected chi connectivity index (χ4v) is 3.13. The van der Waals surface area contributed by atoms with Crippen molar-refractivity contribution < 1.29 is 9.59 Å². The van der Waals surface area contributed by atoms with Gasteiger partial charge in [-0.1, -0.05) is 47.8 Å². The summed E-state index contributed by atoms with van der Waals surface area (Å²) in [5.41, 5.74) is 2.41. The van der Waals surface area contributed by atoms with E-state index in [1.807, 2.05) is 48.5 Å². The lowest BCUT2D eigenvalue weighted by atomic mass is 10.1. The summed E-state index contributed by atoms with van der Waals surface area (Å²) >= 11 is 2.49. The minimum Gasteiger partial charge on any atom is -0.287 e. The molecule has 2 aromatic rings. The molecule has 0 radical (unpaired) electrons. The number of hydrogen-bond acceptors (Lipinski definition) is 4. The van der Waals surface area contributed by atoms with E-state index in [2.05, 4.69) is 0 Å². The molecule has 0 saturated heterocycles. The first kappa shape index (κ1) is 15.9. The van der Waals surface area contributed by atoms with Crippen molar-refractivity contribution in [3.63, 3.8) is 0 Å². The van der Waals surface area contributed by atoms with E-state index in [4.69, 9.17) is 0 Å². The second kappa shape index (κ2) is 7.48. The first-order chi connectivity index (χ1) is 10.0. The predicted molar refractivity (Wildman–Crippen MR) is 88.8 cm³/mol. The zero-order chi connectivity index (χ0) is 15.2. The maximum atomic E-state index is 11.0. The molecule has 0 aromatic heterocycles. The van der Waals surface area contributed by atoms with Crippen LogP contribution >= 0.6 is 23.5 Å². The van der Waals surface area contributed by atoms with Gasteiger partial charge in [-0.15, -0.1) is 0 Å². The zero-order valence-electron chi connectivity index (χ0n) is 12.0. The fourth-order valence-electron chi connectivity index (χ4n) is 1.92. The number of thioether (sulfide) groups is 2. The normalized spacial score (nSPS) is 10.4. The highest BCUT2D eigenvalue weighted by Crippen LogP contribution is 2.22. The smallest absolute Gasteiger partial charge is 0.190 e. The average Bonchev–Trinajstić information content (AvgIpc) is 2.42. The lowest BCUT2D eigenvalue weighted by Crippen LogP contribution is -1.89. The van der Waals surface area contributed by atoms with Gasteiger partial charge in [0.25, 0.3) is 0 Å². The Morgan fingerprint density at radius 2 is 1.05 bits per heavy atom. The summed E-state index contributed by atoms with van der Waals surface area (Å²) in [6.45, 7) is 3.14. The molecule has 2 rings (SSSR count). The predicted octanol–water partition coefficient (Wildman–Crippen LogP) is 4.55. The minimum atomic E-state index is 0.0984. The maximum Gasteiger partial charge on any atom is 0.190 e. The third-order valence-electron chi connectivity index (χ3n) is 2.78. The van der Waals surface area contributed by atoms with Crippen molar-refractivity contribution in [2.45, 2.75) is 30.1 Å². The Labute approximate surface area is 133 Å². The SMILES string of the molecule is CC(=O)Sc1ccc(Cc2ccc(SC(C)=O)cc2)cc1. The molecule has 0 aliphatic carbocycles. The molecule has 0 fully saturated rings. The van der Waals surface area contributed by atoms with Gasteiger partial charge in [-0.3, -0.25) is 9.59 Å². The molecule has 0 bridgehead atoms. The van der Waals surface area contributed by atoms with Crippen LogP contribution in [0.4, 0.5) is 0 Å². The molecule has 4 heteroatoms. The number of hydrogen-bond donors (Lipinski definition) is 0. The molecule has 0 unspecified atom stereocenters. The first-order valence-corrected chi connectivity index (χ1v) is 8.21. The summed E-state index contributed by atoms with van der Waals surface area (Å²) < 4.78 is 0. The Hall–Kier alpha value is -1.52. The van der Waals surface area contributed by atoms with Crippen molar-refractivity contribution in [2.24, 2.45) is 0 Å². The minimum absolute atomic E-state index is 0.0984. The summed E-state index contributed by atoms with van der Waals surface area (Å²) in [5.74, 6) is 0. The molecule has 0 atom stereocenters. The highest BCUT2D eigenvalue weighted by Gasteiger charge is 2.02. The Balaban J connectivity index is 2.01. The van der Waals surface area contributed by atoms with Gasteiger partial charge in [0.2, 0.25) is 0 Å². The van der Waals surface area contributed by atoms with E-state index in [1.54, 1.807) is 13.8 Å². The van der Waals surface area contributed by atoms with Crippen LogP contribution in [0.5, 0.6) is 0 Å². The third-order valence-corrected chi connectivity index (χ3v) is 4.37. The molecule has 2 nitrogen and oxygen atoms in total. The van der Waals surface area contributed by atoms with Crippen LogP contribution in [-0.2, 0) is 16.0 Å². The van der Waals surface area contributed by atoms with Gasteiger partial charge < -0.3 is 0 Å². The van der Waals surface area contributed by atoms with E-state index in [1.165, 1.54) is 34.7 Å². The topological polar surface area (TPSA) is 34.1 Å². The fraction of sp³-hybridized carbons (Fsp3) is 0.176. The van der Waals surface area contributed by atoms with Crippen LogP contribution in [0.25, 0.3) is 0 Å². The van der Waals surface area contributed by atoms with Crippen LogP contribution in [0.1, 0.15) is 25.0 Å². The lowest BCUT2D eigenvalue weighted by Gasteiger charge is -2.04. The molecule has 0 saturated carbocycles. The number of carbonyl (C=O) groups is 2. The Morgan fingerprint density at radius 3 is 1.33 bits per heavy atom. The quantitative estimate of drug-likeness (QED) is 0.775. The van der Waals surface area contributed by atoms with E-state index in [-0.39, 0.29) is 10.2 Å². The highest BCUT2D eigenvalue weighted by molar-refractivity contribution is 8.13. The summed E-state index contributed by atoms with van der Waals surface area (Å²) in [7, 11) is 0. The molecule has 0 aliphatic heterocycles. The molecule has 0 heterocycles. The largest absolute Gasteiger partial charge is 0.287 e. The molecule has 0 spiro atoms. The van der Waals surface area contributed by atoms with Crippen molar-refractivity contribution in [3.05, 3.63) is 59.7 Å². The van der Waals surface area contributed by atoms with Gasteiger partial charge in [0, 0.05) is 23.6 Å². The average molecular weight is 316 g/mol. The van der Waals surface area contributed by atoms with Crippen molar-refractivity contribution in [2.75, 3.05) is 0 Å².